The number of nitrogens with two attached hydrogens (primary N) is 1. The molecule has 0 aromatic carbocycles. The van der Waals surface area contributed by atoms with Crippen LogP contribution in [-0.2, 0) is 4.79 Å². The van der Waals surface area contributed by atoms with E-state index in [-0.39, 0.29) is 5.91 Å². The van der Waals surface area contributed by atoms with Gasteiger partial charge in [0.25, 0.3) is 0 Å². The second-order valence-corrected chi connectivity index (χ2v) is 5.13. The molecule has 0 aliphatic heterocycles. The molecule has 1 aliphatic rings. The maximum Gasteiger partial charge on any atom is 0.220 e. The average Bonchev–Trinajstić information content (AvgIpc) is 3.03. The molecule has 0 atom stereocenters. The van der Waals surface area contributed by atoms with Gasteiger partial charge in [-0.05, 0) is 44.1 Å². The normalized spacial score (nSPS) is 17.1. The fourth-order valence-electron chi connectivity index (χ4n) is 2.20. The summed E-state index contributed by atoms with van der Waals surface area (Å²) in [4.78, 5) is 11.5. The summed E-state index contributed by atoms with van der Waals surface area (Å²) in [7, 11) is 0. The van der Waals surface area contributed by atoms with E-state index >= 15 is 0 Å². The second kappa shape index (κ2) is 6.89. The van der Waals surface area contributed by atoms with Crippen molar-refractivity contribution in [2.75, 3.05) is 13.1 Å². The SMILES string of the molecule is CCCC1(CNC(=O)CCCCCN)CC1. The molecule has 0 radical (unpaired) electrons. The summed E-state index contributed by atoms with van der Waals surface area (Å²) in [5, 5.41) is 3.08. The molecule has 3 nitrogen and oxygen atoms in total. The van der Waals surface area contributed by atoms with E-state index in [0.29, 0.717) is 11.8 Å². The Kier molecular flexibility index (Phi) is 5.81. The Balaban J connectivity index is 2.02. The molecule has 1 amide bonds. The number of nitrogens with one attached hydrogen (secondary N) is 1. The van der Waals surface area contributed by atoms with Gasteiger partial charge in [-0.3, -0.25) is 4.79 Å². The van der Waals surface area contributed by atoms with Crippen LogP contribution in [0.5, 0.6) is 0 Å². The summed E-state index contributed by atoms with van der Waals surface area (Å²) in [6.45, 7) is 3.85. The molecule has 1 rings (SSSR count). The predicted octanol–water partition coefficient (Wildman–Crippen LogP) is 2.20. The fraction of sp³-hybridized carbons (Fsp3) is 0.923. The molecule has 1 fully saturated rings. The highest BCUT2D eigenvalue weighted by atomic mass is 16.1. The zero-order chi connectivity index (χ0) is 11.9. The number of unbranched alkanes of at least 4 members (excludes halogenated alkanes) is 2. The van der Waals surface area contributed by atoms with Crippen LogP contribution in [0.15, 0.2) is 0 Å². The number of hydrogen-bond donors (Lipinski definition) is 2. The topological polar surface area (TPSA) is 55.1 Å². The van der Waals surface area contributed by atoms with Crippen molar-refractivity contribution in [2.45, 2.75) is 58.3 Å². The van der Waals surface area contributed by atoms with Crippen molar-refractivity contribution in [3.05, 3.63) is 0 Å². The van der Waals surface area contributed by atoms with Crippen LogP contribution in [0.1, 0.15) is 58.3 Å². The summed E-state index contributed by atoms with van der Waals surface area (Å²) in [5.74, 6) is 0.222. The first-order chi connectivity index (χ1) is 7.72. The molecule has 0 heterocycles. The summed E-state index contributed by atoms with van der Waals surface area (Å²) < 4.78 is 0. The lowest BCUT2D eigenvalue weighted by molar-refractivity contribution is -0.121. The van der Waals surface area contributed by atoms with E-state index in [2.05, 4.69) is 12.2 Å². The van der Waals surface area contributed by atoms with Gasteiger partial charge >= 0.3 is 0 Å². The highest BCUT2D eigenvalue weighted by Crippen LogP contribution is 2.48. The molecule has 0 spiro atoms. The molecule has 0 aromatic heterocycles. The quantitative estimate of drug-likeness (QED) is 0.592. The van der Waals surface area contributed by atoms with E-state index in [4.69, 9.17) is 5.73 Å². The third-order valence-electron chi connectivity index (χ3n) is 3.51. The lowest BCUT2D eigenvalue weighted by Crippen LogP contribution is -2.29. The van der Waals surface area contributed by atoms with Crippen LogP contribution in [0.25, 0.3) is 0 Å². The first-order valence-electron chi connectivity index (χ1n) is 6.69. The van der Waals surface area contributed by atoms with Crippen LogP contribution >= 0.6 is 0 Å². The standard InChI is InChI=1S/C13H26N2O/c1-2-7-13(8-9-13)11-15-12(16)6-4-3-5-10-14/h2-11,14H2,1H3,(H,15,16). The van der Waals surface area contributed by atoms with Gasteiger partial charge in [-0.1, -0.05) is 19.8 Å². The van der Waals surface area contributed by atoms with E-state index < -0.39 is 0 Å². The average molecular weight is 226 g/mol. The molecule has 0 unspecified atom stereocenters. The van der Waals surface area contributed by atoms with Crippen molar-refractivity contribution in [2.24, 2.45) is 11.1 Å². The summed E-state index contributed by atoms with van der Waals surface area (Å²) in [6, 6.07) is 0. The molecule has 16 heavy (non-hydrogen) atoms. The molecule has 3 heteroatoms. The minimum atomic E-state index is 0.222. The van der Waals surface area contributed by atoms with Crippen molar-refractivity contribution in [1.29, 1.82) is 0 Å². The Morgan fingerprint density at radius 1 is 1.31 bits per heavy atom. The Morgan fingerprint density at radius 2 is 2.06 bits per heavy atom. The number of carbonyl (C=O) groups excluding carboxylic acids is 1. The van der Waals surface area contributed by atoms with Gasteiger partial charge in [0.05, 0.1) is 0 Å². The Morgan fingerprint density at radius 3 is 2.62 bits per heavy atom. The van der Waals surface area contributed by atoms with Gasteiger partial charge in [0, 0.05) is 13.0 Å². The summed E-state index contributed by atoms with van der Waals surface area (Å²) >= 11 is 0. The highest BCUT2D eigenvalue weighted by molar-refractivity contribution is 5.75. The predicted molar refractivity (Wildman–Crippen MR) is 67.1 cm³/mol. The summed E-state index contributed by atoms with van der Waals surface area (Å²) in [5.41, 5.74) is 5.88. The highest BCUT2D eigenvalue weighted by Gasteiger charge is 2.41. The molecular formula is C13H26N2O. The van der Waals surface area contributed by atoms with E-state index in [0.717, 1.165) is 32.4 Å². The minimum absolute atomic E-state index is 0.222. The first kappa shape index (κ1) is 13.5. The van der Waals surface area contributed by atoms with Crippen LogP contribution in [0, 0.1) is 5.41 Å². The van der Waals surface area contributed by atoms with E-state index in [9.17, 15) is 4.79 Å². The van der Waals surface area contributed by atoms with Gasteiger partial charge in [0.2, 0.25) is 5.91 Å². The van der Waals surface area contributed by atoms with Crippen LogP contribution in [0.3, 0.4) is 0 Å². The van der Waals surface area contributed by atoms with E-state index in [1.165, 1.54) is 25.7 Å². The van der Waals surface area contributed by atoms with Crippen LogP contribution in [-0.4, -0.2) is 19.0 Å². The Bertz CT molecular complexity index is 212. The van der Waals surface area contributed by atoms with Gasteiger partial charge < -0.3 is 11.1 Å². The molecule has 0 aromatic rings. The van der Waals surface area contributed by atoms with E-state index in [1.54, 1.807) is 0 Å². The number of hydrogen-bond acceptors (Lipinski definition) is 2. The number of carbonyl (C=O) groups is 1. The lowest BCUT2D eigenvalue weighted by atomic mass is 10.0. The third-order valence-corrected chi connectivity index (χ3v) is 3.51. The summed E-state index contributed by atoms with van der Waals surface area (Å²) in [6.07, 6.45) is 8.85. The molecule has 3 N–H and O–H groups in total. The smallest absolute Gasteiger partial charge is 0.220 e. The molecule has 1 aliphatic carbocycles. The largest absolute Gasteiger partial charge is 0.356 e. The molecule has 1 saturated carbocycles. The second-order valence-electron chi connectivity index (χ2n) is 5.13. The van der Waals surface area contributed by atoms with Gasteiger partial charge in [0.15, 0.2) is 0 Å². The maximum absolute atomic E-state index is 11.5. The monoisotopic (exact) mass is 226 g/mol. The zero-order valence-corrected chi connectivity index (χ0v) is 10.6. The maximum atomic E-state index is 11.5. The fourth-order valence-corrected chi connectivity index (χ4v) is 2.20. The Hall–Kier alpha value is -0.570. The van der Waals surface area contributed by atoms with Crippen molar-refractivity contribution < 1.29 is 4.79 Å². The molecule has 94 valence electrons. The van der Waals surface area contributed by atoms with Crippen molar-refractivity contribution in [3.8, 4) is 0 Å². The van der Waals surface area contributed by atoms with Crippen LogP contribution < -0.4 is 11.1 Å². The van der Waals surface area contributed by atoms with Crippen LogP contribution in [0.2, 0.25) is 0 Å². The van der Waals surface area contributed by atoms with Crippen molar-refractivity contribution >= 4 is 5.91 Å². The zero-order valence-electron chi connectivity index (χ0n) is 10.6. The number of amides is 1. The first-order valence-corrected chi connectivity index (χ1v) is 6.69. The Labute approximate surface area is 99.2 Å². The number of rotatable bonds is 9. The van der Waals surface area contributed by atoms with Crippen molar-refractivity contribution in [1.82, 2.24) is 5.32 Å². The molecule has 0 bridgehead atoms. The van der Waals surface area contributed by atoms with Crippen LogP contribution in [0.4, 0.5) is 0 Å². The minimum Gasteiger partial charge on any atom is -0.356 e. The third kappa shape index (κ3) is 4.97. The van der Waals surface area contributed by atoms with Gasteiger partial charge in [-0.25, -0.2) is 0 Å². The molecule has 0 saturated heterocycles. The molecular weight excluding hydrogens is 200 g/mol. The van der Waals surface area contributed by atoms with Gasteiger partial charge in [-0.2, -0.15) is 0 Å². The lowest BCUT2D eigenvalue weighted by Gasteiger charge is -2.14. The van der Waals surface area contributed by atoms with E-state index in [1.807, 2.05) is 0 Å². The van der Waals surface area contributed by atoms with Gasteiger partial charge in [-0.15, -0.1) is 0 Å². The van der Waals surface area contributed by atoms with Gasteiger partial charge in [0.1, 0.15) is 0 Å². The van der Waals surface area contributed by atoms with Crippen molar-refractivity contribution in [3.63, 3.8) is 0 Å².